The van der Waals surface area contributed by atoms with E-state index in [2.05, 4.69) is 5.32 Å². The number of ether oxygens (including phenoxy) is 2. The summed E-state index contributed by atoms with van der Waals surface area (Å²) in [4.78, 5) is 23.7. The second-order valence-electron chi connectivity index (χ2n) is 5.62. The molecule has 0 spiro atoms. The SMILES string of the molecule is COCC(C)NC(=O)COC(=O)c1ccc(-c2ccc(O)cc2)cc1. The first kappa shape index (κ1) is 18.5. The van der Waals surface area contributed by atoms with Crippen LogP contribution in [0.15, 0.2) is 48.5 Å². The molecule has 1 atom stereocenters. The van der Waals surface area contributed by atoms with Gasteiger partial charge in [0, 0.05) is 13.2 Å². The molecule has 0 aliphatic rings. The zero-order valence-corrected chi connectivity index (χ0v) is 14.2. The Kier molecular flexibility index (Phi) is 6.54. The number of phenols is 1. The van der Waals surface area contributed by atoms with E-state index in [-0.39, 0.29) is 24.3 Å². The van der Waals surface area contributed by atoms with Crippen LogP contribution in [-0.4, -0.2) is 43.3 Å². The highest BCUT2D eigenvalue weighted by Gasteiger charge is 2.12. The van der Waals surface area contributed by atoms with Crippen LogP contribution in [0.4, 0.5) is 0 Å². The second kappa shape index (κ2) is 8.84. The third-order valence-electron chi connectivity index (χ3n) is 3.48. The zero-order valence-electron chi connectivity index (χ0n) is 14.2. The molecule has 0 saturated carbocycles. The largest absolute Gasteiger partial charge is 0.508 e. The van der Waals surface area contributed by atoms with Crippen molar-refractivity contribution in [2.75, 3.05) is 20.3 Å². The number of carbonyl (C=O) groups excluding carboxylic acids is 2. The zero-order chi connectivity index (χ0) is 18.2. The van der Waals surface area contributed by atoms with Crippen molar-refractivity contribution >= 4 is 11.9 Å². The molecule has 0 radical (unpaired) electrons. The van der Waals surface area contributed by atoms with E-state index in [4.69, 9.17) is 9.47 Å². The van der Waals surface area contributed by atoms with E-state index >= 15 is 0 Å². The molecule has 0 fully saturated rings. The topological polar surface area (TPSA) is 84.9 Å². The number of carbonyl (C=O) groups is 2. The highest BCUT2D eigenvalue weighted by molar-refractivity contribution is 5.91. The van der Waals surface area contributed by atoms with Crippen molar-refractivity contribution in [1.82, 2.24) is 5.32 Å². The molecule has 6 nitrogen and oxygen atoms in total. The minimum atomic E-state index is -0.563. The van der Waals surface area contributed by atoms with Crippen LogP contribution >= 0.6 is 0 Å². The Morgan fingerprint density at radius 2 is 1.60 bits per heavy atom. The van der Waals surface area contributed by atoms with Crippen molar-refractivity contribution in [1.29, 1.82) is 0 Å². The summed E-state index contributed by atoms with van der Waals surface area (Å²) in [6.45, 7) is 1.84. The molecule has 2 N–H and O–H groups in total. The lowest BCUT2D eigenvalue weighted by Gasteiger charge is -2.12. The molecule has 1 amide bonds. The maximum atomic E-state index is 12.0. The van der Waals surface area contributed by atoms with E-state index in [0.717, 1.165) is 11.1 Å². The molecule has 0 aliphatic heterocycles. The number of hydrogen-bond donors (Lipinski definition) is 2. The average Bonchev–Trinajstić information content (AvgIpc) is 2.60. The summed E-state index contributed by atoms with van der Waals surface area (Å²) in [7, 11) is 1.55. The molecule has 25 heavy (non-hydrogen) atoms. The van der Waals surface area contributed by atoms with E-state index in [9.17, 15) is 14.7 Å². The van der Waals surface area contributed by atoms with Gasteiger partial charge in [-0.3, -0.25) is 4.79 Å². The van der Waals surface area contributed by atoms with Gasteiger partial charge in [0.2, 0.25) is 0 Å². The maximum absolute atomic E-state index is 12.0. The highest BCUT2D eigenvalue weighted by atomic mass is 16.5. The van der Waals surface area contributed by atoms with Crippen molar-refractivity contribution in [2.45, 2.75) is 13.0 Å². The lowest BCUT2D eigenvalue weighted by molar-refractivity contribution is -0.125. The predicted molar refractivity (Wildman–Crippen MR) is 93.3 cm³/mol. The Balaban J connectivity index is 1.90. The van der Waals surface area contributed by atoms with E-state index < -0.39 is 5.97 Å². The minimum Gasteiger partial charge on any atom is -0.508 e. The second-order valence-corrected chi connectivity index (χ2v) is 5.62. The Bertz CT molecular complexity index is 710. The lowest BCUT2D eigenvalue weighted by Crippen LogP contribution is -2.38. The summed E-state index contributed by atoms with van der Waals surface area (Å²) in [5, 5.41) is 12.0. The third kappa shape index (κ3) is 5.61. The predicted octanol–water partition coefficient (Wildman–Crippen LogP) is 2.37. The van der Waals surface area contributed by atoms with Crippen molar-refractivity contribution in [3.8, 4) is 16.9 Å². The van der Waals surface area contributed by atoms with Crippen LogP contribution in [0.5, 0.6) is 5.75 Å². The number of aromatic hydroxyl groups is 1. The first-order valence-corrected chi connectivity index (χ1v) is 7.84. The molecule has 2 aromatic rings. The van der Waals surface area contributed by atoms with E-state index in [0.29, 0.717) is 12.2 Å². The number of methoxy groups -OCH3 is 1. The Hall–Kier alpha value is -2.86. The van der Waals surface area contributed by atoms with Gasteiger partial charge in [0.25, 0.3) is 5.91 Å². The van der Waals surface area contributed by atoms with E-state index in [1.807, 2.05) is 0 Å². The average molecular weight is 343 g/mol. The van der Waals surface area contributed by atoms with Gasteiger partial charge in [0.1, 0.15) is 5.75 Å². The summed E-state index contributed by atoms with van der Waals surface area (Å²) in [6, 6.07) is 13.4. The summed E-state index contributed by atoms with van der Waals surface area (Å²) in [5.41, 5.74) is 2.19. The first-order valence-electron chi connectivity index (χ1n) is 7.84. The van der Waals surface area contributed by atoms with E-state index in [1.165, 1.54) is 0 Å². The van der Waals surface area contributed by atoms with Crippen LogP contribution in [-0.2, 0) is 14.3 Å². The smallest absolute Gasteiger partial charge is 0.338 e. The highest BCUT2D eigenvalue weighted by Crippen LogP contribution is 2.22. The van der Waals surface area contributed by atoms with Crippen molar-refractivity contribution in [2.24, 2.45) is 0 Å². The number of hydrogen-bond acceptors (Lipinski definition) is 5. The van der Waals surface area contributed by atoms with Crippen LogP contribution < -0.4 is 5.32 Å². The van der Waals surface area contributed by atoms with Crippen LogP contribution in [0.1, 0.15) is 17.3 Å². The molecular formula is C19H21NO5. The Morgan fingerprint density at radius 1 is 1.04 bits per heavy atom. The van der Waals surface area contributed by atoms with Gasteiger partial charge in [-0.15, -0.1) is 0 Å². The van der Waals surface area contributed by atoms with Crippen LogP contribution in [0.3, 0.4) is 0 Å². The molecule has 2 rings (SSSR count). The van der Waals surface area contributed by atoms with Gasteiger partial charge in [0.05, 0.1) is 12.2 Å². The normalized spacial score (nSPS) is 11.6. The monoisotopic (exact) mass is 343 g/mol. The van der Waals surface area contributed by atoms with Gasteiger partial charge in [-0.05, 0) is 42.3 Å². The number of nitrogens with one attached hydrogen (secondary N) is 1. The van der Waals surface area contributed by atoms with Gasteiger partial charge in [-0.25, -0.2) is 4.79 Å². The molecule has 0 aliphatic carbocycles. The standard InChI is InChI=1S/C19H21NO5/c1-13(11-24-2)20-18(22)12-25-19(23)16-5-3-14(4-6-16)15-7-9-17(21)10-8-15/h3-10,13,21H,11-12H2,1-2H3,(H,20,22). The van der Waals surface area contributed by atoms with Crippen LogP contribution in [0, 0.1) is 0 Å². The first-order chi connectivity index (χ1) is 12.0. The van der Waals surface area contributed by atoms with Gasteiger partial charge in [0.15, 0.2) is 6.61 Å². The molecule has 132 valence electrons. The fraction of sp³-hybridized carbons (Fsp3) is 0.263. The summed E-state index contributed by atoms with van der Waals surface area (Å²) < 4.78 is 9.92. The number of amides is 1. The van der Waals surface area contributed by atoms with Gasteiger partial charge in [-0.2, -0.15) is 0 Å². The fourth-order valence-electron chi connectivity index (χ4n) is 2.28. The van der Waals surface area contributed by atoms with Crippen molar-refractivity contribution < 1.29 is 24.2 Å². The van der Waals surface area contributed by atoms with Crippen molar-refractivity contribution in [3.63, 3.8) is 0 Å². The van der Waals surface area contributed by atoms with Crippen molar-refractivity contribution in [3.05, 3.63) is 54.1 Å². The van der Waals surface area contributed by atoms with Gasteiger partial charge in [-0.1, -0.05) is 24.3 Å². The Morgan fingerprint density at radius 3 is 2.16 bits per heavy atom. The third-order valence-corrected chi connectivity index (χ3v) is 3.48. The van der Waals surface area contributed by atoms with Gasteiger partial charge >= 0.3 is 5.97 Å². The molecule has 1 unspecified atom stereocenters. The minimum absolute atomic E-state index is 0.152. The number of benzene rings is 2. The number of rotatable bonds is 7. The molecule has 0 aromatic heterocycles. The van der Waals surface area contributed by atoms with Crippen LogP contribution in [0.25, 0.3) is 11.1 Å². The molecule has 0 bridgehead atoms. The number of phenolic OH excluding ortho intramolecular Hbond substituents is 1. The molecule has 0 saturated heterocycles. The van der Waals surface area contributed by atoms with Crippen LogP contribution in [0.2, 0.25) is 0 Å². The molecular weight excluding hydrogens is 322 g/mol. The van der Waals surface area contributed by atoms with E-state index in [1.54, 1.807) is 62.6 Å². The maximum Gasteiger partial charge on any atom is 0.338 e. The summed E-state index contributed by atoms with van der Waals surface area (Å²) in [6.07, 6.45) is 0. The Labute approximate surface area is 146 Å². The quantitative estimate of drug-likeness (QED) is 0.754. The summed E-state index contributed by atoms with van der Waals surface area (Å²) >= 11 is 0. The number of esters is 1. The molecule has 6 heteroatoms. The molecule has 0 heterocycles. The van der Waals surface area contributed by atoms with Gasteiger partial charge < -0.3 is 19.9 Å². The lowest BCUT2D eigenvalue weighted by atomic mass is 10.0. The summed E-state index contributed by atoms with van der Waals surface area (Å²) in [5.74, 6) is -0.743. The molecule has 2 aromatic carbocycles. The fourth-order valence-corrected chi connectivity index (χ4v) is 2.28.